The van der Waals surface area contributed by atoms with E-state index in [2.05, 4.69) is 15.7 Å². The Kier molecular flexibility index (Phi) is 4.56. The highest BCUT2D eigenvalue weighted by Gasteiger charge is 2.55. The highest BCUT2D eigenvalue weighted by atomic mass is 35.5. The van der Waals surface area contributed by atoms with Crippen LogP contribution in [0.4, 0.5) is 11.4 Å². The lowest BCUT2D eigenvalue weighted by molar-refractivity contribution is -0.123. The van der Waals surface area contributed by atoms with Gasteiger partial charge in [-0.2, -0.15) is 5.11 Å². The molecule has 2 atom stereocenters. The molecule has 1 N–H and O–H groups in total. The molecule has 2 heterocycles. The van der Waals surface area contributed by atoms with E-state index in [1.54, 1.807) is 36.4 Å². The van der Waals surface area contributed by atoms with E-state index in [0.717, 1.165) is 10.5 Å². The maximum Gasteiger partial charge on any atom is 0.263 e. The van der Waals surface area contributed by atoms with Gasteiger partial charge in [0.25, 0.3) is 11.8 Å². The third-order valence-corrected chi connectivity index (χ3v) is 4.93. The normalized spacial score (nSPS) is 20.6. The van der Waals surface area contributed by atoms with Gasteiger partial charge in [0.05, 0.1) is 16.4 Å². The Labute approximate surface area is 165 Å². The van der Waals surface area contributed by atoms with Gasteiger partial charge in [0, 0.05) is 0 Å². The number of benzene rings is 2. The second kappa shape index (κ2) is 7.05. The lowest BCUT2D eigenvalue weighted by Crippen LogP contribution is -2.43. The molecule has 8 nitrogen and oxygen atoms in total. The van der Waals surface area contributed by atoms with Crippen LogP contribution in [-0.4, -0.2) is 41.4 Å². The van der Waals surface area contributed by atoms with Crippen LogP contribution in [-0.2, 0) is 14.4 Å². The maximum atomic E-state index is 12.9. The maximum absolute atomic E-state index is 12.9. The molecule has 0 bridgehead atoms. The summed E-state index contributed by atoms with van der Waals surface area (Å²) in [6, 6.07) is 12.0. The van der Waals surface area contributed by atoms with Crippen molar-refractivity contribution >= 4 is 40.7 Å². The highest BCUT2D eigenvalue weighted by molar-refractivity contribution is 6.33. The summed E-state index contributed by atoms with van der Waals surface area (Å²) in [7, 11) is 0. The van der Waals surface area contributed by atoms with E-state index >= 15 is 0 Å². The lowest BCUT2D eigenvalue weighted by Gasteiger charge is -2.20. The minimum Gasteiger partial charge on any atom is -0.323 e. The Hall–Kier alpha value is -3.26. The minimum absolute atomic E-state index is 0.226. The Balaban J connectivity index is 1.49. The number of imide groups is 1. The van der Waals surface area contributed by atoms with Gasteiger partial charge in [0.1, 0.15) is 6.54 Å². The molecule has 28 heavy (non-hydrogen) atoms. The molecule has 0 aromatic heterocycles. The number of nitrogens with one attached hydrogen (secondary N) is 1. The lowest BCUT2D eigenvalue weighted by atomic mass is 10.1. The molecule has 2 aliphatic rings. The van der Waals surface area contributed by atoms with Crippen LogP contribution in [0.2, 0.25) is 5.02 Å². The number of hydrogen-bond acceptors (Lipinski definition) is 6. The van der Waals surface area contributed by atoms with Crippen molar-refractivity contribution in [1.29, 1.82) is 0 Å². The number of fused-ring (bicyclic) bond motifs is 1. The number of rotatable bonds is 4. The van der Waals surface area contributed by atoms with Crippen LogP contribution in [0.25, 0.3) is 0 Å². The van der Waals surface area contributed by atoms with Crippen molar-refractivity contribution in [2.75, 3.05) is 16.8 Å². The summed E-state index contributed by atoms with van der Waals surface area (Å²) in [5.41, 5.74) is 1.95. The summed E-state index contributed by atoms with van der Waals surface area (Å²) < 4.78 is 0. The Morgan fingerprint density at radius 3 is 2.54 bits per heavy atom. The van der Waals surface area contributed by atoms with Gasteiger partial charge in [-0.05, 0) is 31.2 Å². The first-order valence-electron chi connectivity index (χ1n) is 8.62. The second-order valence-electron chi connectivity index (χ2n) is 6.57. The number of carbonyl (C=O) groups excluding carboxylic acids is 3. The molecule has 0 aliphatic carbocycles. The molecule has 142 valence electrons. The molecule has 0 saturated carbocycles. The molecule has 2 aromatic carbocycles. The van der Waals surface area contributed by atoms with E-state index in [1.807, 2.05) is 19.1 Å². The van der Waals surface area contributed by atoms with Gasteiger partial charge in [0.2, 0.25) is 5.91 Å². The van der Waals surface area contributed by atoms with E-state index in [1.165, 1.54) is 5.01 Å². The largest absolute Gasteiger partial charge is 0.323 e. The summed E-state index contributed by atoms with van der Waals surface area (Å²) in [4.78, 5) is 39.0. The molecule has 4 rings (SSSR count). The average molecular weight is 398 g/mol. The monoisotopic (exact) mass is 397 g/mol. The van der Waals surface area contributed by atoms with E-state index < -0.39 is 29.8 Å². The fourth-order valence-corrected chi connectivity index (χ4v) is 3.38. The molecule has 1 saturated heterocycles. The molecular formula is C19H16ClN5O3. The van der Waals surface area contributed by atoms with E-state index in [-0.39, 0.29) is 6.54 Å². The standard InChI is InChI=1S/C19H16ClN5O3/c1-11-6-8-12(9-7-11)25-18(27)16-17(19(25)28)24(23-22-16)10-15(26)21-14-5-3-2-4-13(14)20/h2-9,16-17H,10H2,1H3,(H,21,26)/t16-,17-/m0/s1. The second-order valence-corrected chi connectivity index (χ2v) is 6.97. The molecule has 1 fully saturated rings. The van der Waals surface area contributed by atoms with Crippen LogP contribution >= 0.6 is 11.6 Å². The summed E-state index contributed by atoms with van der Waals surface area (Å²) in [5, 5.41) is 12.1. The zero-order chi connectivity index (χ0) is 19.8. The number of para-hydroxylation sites is 1. The summed E-state index contributed by atoms with van der Waals surface area (Å²) in [5.74, 6) is -1.31. The molecule has 0 radical (unpaired) electrons. The number of nitrogens with zero attached hydrogens (tertiary/aromatic N) is 4. The molecular weight excluding hydrogens is 382 g/mol. The molecule has 9 heteroatoms. The Morgan fingerprint density at radius 2 is 1.82 bits per heavy atom. The van der Waals surface area contributed by atoms with E-state index in [9.17, 15) is 14.4 Å². The van der Waals surface area contributed by atoms with E-state index in [4.69, 9.17) is 11.6 Å². The van der Waals surface area contributed by atoms with E-state index in [0.29, 0.717) is 16.4 Å². The fraction of sp³-hybridized carbons (Fsp3) is 0.211. The van der Waals surface area contributed by atoms with Crippen molar-refractivity contribution in [1.82, 2.24) is 5.01 Å². The number of carbonyl (C=O) groups is 3. The number of hydrogen-bond donors (Lipinski definition) is 1. The summed E-state index contributed by atoms with van der Waals surface area (Å²) >= 11 is 6.04. The van der Waals surface area contributed by atoms with Crippen molar-refractivity contribution in [3.05, 3.63) is 59.1 Å². The number of aryl methyl sites for hydroxylation is 1. The number of halogens is 1. The van der Waals surface area contributed by atoms with Gasteiger partial charge in [-0.1, -0.05) is 46.7 Å². The van der Waals surface area contributed by atoms with Gasteiger partial charge >= 0.3 is 0 Å². The van der Waals surface area contributed by atoms with Gasteiger partial charge < -0.3 is 5.32 Å². The van der Waals surface area contributed by atoms with Crippen LogP contribution < -0.4 is 10.2 Å². The molecule has 0 unspecified atom stereocenters. The van der Waals surface area contributed by atoms with Crippen LogP contribution in [0.5, 0.6) is 0 Å². The Bertz CT molecular complexity index is 991. The van der Waals surface area contributed by atoms with Gasteiger partial charge in [0.15, 0.2) is 12.1 Å². The van der Waals surface area contributed by atoms with Crippen molar-refractivity contribution in [2.24, 2.45) is 10.3 Å². The highest BCUT2D eigenvalue weighted by Crippen LogP contribution is 2.32. The zero-order valence-corrected chi connectivity index (χ0v) is 15.6. The topological polar surface area (TPSA) is 94.4 Å². The smallest absolute Gasteiger partial charge is 0.263 e. The third kappa shape index (κ3) is 3.11. The first-order valence-corrected chi connectivity index (χ1v) is 9.00. The third-order valence-electron chi connectivity index (χ3n) is 4.60. The number of amides is 3. The molecule has 3 amide bonds. The Morgan fingerprint density at radius 1 is 1.11 bits per heavy atom. The van der Waals surface area contributed by atoms with Crippen molar-refractivity contribution < 1.29 is 14.4 Å². The molecule has 2 aromatic rings. The summed E-state index contributed by atoms with van der Waals surface area (Å²) in [6.07, 6.45) is 0. The minimum atomic E-state index is -0.943. The van der Waals surface area contributed by atoms with Crippen LogP contribution in [0, 0.1) is 6.92 Å². The van der Waals surface area contributed by atoms with Gasteiger partial charge in [-0.15, -0.1) is 0 Å². The molecule has 2 aliphatic heterocycles. The van der Waals surface area contributed by atoms with Crippen molar-refractivity contribution in [2.45, 2.75) is 19.0 Å². The van der Waals surface area contributed by atoms with Crippen LogP contribution in [0.3, 0.4) is 0 Å². The fourth-order valence-electron chi connectivity index (χ4n) is 3.20. The average Bonchev–Trinajstić information content (AvgIpc) is 3.18. The predicted molar refractivity (Wildman–Crippen MR) is 103 cm³/mol. The van der Waals surface area contributed by atoms with Crippen LogP contribution in [0.15, 0.2) is 58.9 Å². The predicted octanol–water partition coefficient (Wildman–Crippen LogP) is 2.58. The molecule has 0 spiro atoms. The first kappa shape index (κ1) is 18.1. The zero-order valence-electron chi connectivity index (χ0n) is 14.9. The van der Waals surface area contributed by atoms with Gasteiger partial charge in [-0.3, -0.25) is 19.4 Å². The van der Waals surface area contributed by atoms with Crippen molar-refractivity contribution in [3.8, 4) is 0 Å². The van der Waals surface area contributed by atoms with Gasteiger partial charge in [-0.25, -0.2) is 4.90 Å². The quantitative estimate of drug-likeness (QED) is 0.802. The number of anilines is 2. The van der Waals surface area contributed by atoms with Crippen LogP contribution in [0.1, 0.15) is 5.56 Å². The first-order chi connectivity index (χ1) is 13.5. The van der Waals surface area contributed by atoms with Crippen molar-refractivity contribution in [3.63, 3.8) is 0 Å². The summed E-state index contributed by atoms with van der Waals surface area (Å²) in [6.45, 7) is 1.69. The SMILES string of the molecule is Cc1ccc(N2C(=O)[C@H]3N=NN(CC(=O)Nc4ccccc4Cl)[C@@H]3C2=O)cc1.